The van der Waals surface area contributed by atoms with Crippen molar-refractivity contribution in [3.05, 3.63) is 35.6 Å². The summed E-state index contributed by atoms with van der Waals surface area (Å²) in [5.41, 5.74) is -0.00395. The number of hydrogen-bond donors (Lipinski definition) is 1. The Kier molecular flexibility index (Phi) is 3.32. The zero-order chi connectivity index (χ0) is 13.3. The summed E-state index contributed by atoms with van der Waals surface area (Å²) in [5, 5.41) is 9.00. The lowest BCUT2D eigenvalue weighted by atomic mass is 9.99. The Bertz CT molecular complexity index is 489. The fourth-order valence-corrected chi connectivity index (χ4v) is 2.26. The molecule has 2 rings (SSSR count). The molecule has 0 aliphatic carbocycles. The van der Waals surface area contributed by atoms with Gasteiger partial charge in [-0.05, 0) is 18.1 Å². The number of hydrogen-bond acceptors (Lipinski definition) is 2. The van der Waals surface area contributed by atoms with Crippen molar-refractivity contribution in [3.63, 3.8) is 0 Å². The van der Waals surface area contributed by atoms with Gasteiger partial charge in [0.25, 0.3) is 5.91 Å². The van der Waals surface area contributed by atoms with Crippen LogP contribution in [0.25, 0.3) is 0 Å². The van der Waals surface area contributed by atoms with Crippen LogP contribution in [0.2, 0.25) is 0 Å². The lowest BCUT2D eigenvalue weighted by Gasteiger charge is -2.16. The topological polar surface area (TPSA) is 57.6 Å². The first-order valence-electron chi connectivity index (χ1n) is 5.77. The minimum absolute atomic E-state index is 0.00395. The number of carbonyl (C=O) groups is 2. The van der Waals surface area contributed by atoms with Gasteiger partial charge in [-0.15, -0.1) is 0 Å². The van der Waals surface area contributed by atoms with E-state index in [4.69, 9.17) is 5.11 Å². The van der Waals surface area contributed by atoms with Crippen LogP contribution in [0.15, 0.2) is 24.3 Å². The lowest BCUT2D eigenvalue weighted by Crippen LogP contribution is -2.30. The van der Waals surface area contributed by atoms with E-state index in [2.05, 4.69) is 0 Å². The molecule has 1 N–H and O–H groups in total. The van der Waals surface area contributed by atoms with Gasteiger partial charge in [0, 0.05) is 13.1 Å². The number of benzene rings is 1. The van der Waals surface area contributed by atoms with E-state index in [1.54, 1.807) is 13.0 Å². The summed E-state index contributed by atoms with van der Waals surface area (Å²) in [6.07, 6.45) is 0. The fourth-order valence-electron chi connectivity index (χ4n) is 2.26. The quantitative estimate of drug-likeness (QED) is 0.868. The molecule has 1 heterocycles. The number of rotatable bonds is 2. The van der Waals surface area contributed by atoms with Crippen molar-refractivity contribution in [1.82, 2.24) is 4.90 Å². The Labute approximate surface area is 104 Å². The molecule has 0 saturated carbocycles. The van der Waals surface area contributed by atoms with E-state index in [1.165, 1.54) is 23.1 Å². The second kappa shape index (κ2) is 4.76. The maximum atomic E-state index is 13.5. The minimum atomic E-state index is -0.911. The number of carbonyl (C=O) groups excluding carboxylic acids is 1. The molecule has 1 saturated heterocycles. The molecular formula is C13H14FNO3. The third-order valence-electron chi connectivity index (χ3n) is 3.32. The number of aliphatic carboxylic acids is 1. The Morgan fingerprint density at radius 1 is 1.33 bits per heavy atom. The molecular weight excluding hydrogens is 237 g/mol. The van der Waals surface area contributed by atoms with E-state index >= 15 is 0 Å². The van der Waals surface area contributed by atoms with Gasteiger partial charge in [-0.25, -0.2) is 4.39 Å². The van der Waals surface area contributed by atoms with Crippen LogP contribution in [0, 0.1) is 17.7 Å². The second-order valence-corrected chi connectivity index (χ2v) is 4.61. The molecule has 0 radical (unpaired) electrons. The molecule has 1 aliphatic rings. The third-order valence-corrected chi connectivity index (χ3v) is 3.32. The summed E-state index contributed by atoms with van der Waals surface area (Å²) in [6.45, 7) is 2.28. The van der Waals surface area contributed by atoms with Crippen molar-refractivity contribution in [3.8, 4) is 0 Å². The van der Waals surface area contributed by atoms with E-state index in [0.29, 0.717) is 6.54 Å². The van der Waals surface area contributed by atoms with Crippen molar-refractivity contribution in [2.24, 2.45) is 11.8 Å². The van der Waals surface area contributed by atoms with E-state index in [9.17, 15) is 14.0 Å². The van der Waals surface area contributed by atoms with Crippen LogP contribution in [-0.2, 0) is 4.79 Å². The first-order chi connectivity index (χ1) is 8.50. The molecule has 0 aromatic heterocycles. The molecule has 1 fully saturated rings. The number of likely N-dealkylation sites (tertiary alicyclic amines) is 1. The van der Waals surface area contributed by atoms with Gasteiger partial charge in [-0.1, -0.05) is 19.1 Å². The monoisotopic (exact) mass is 251 g/mol. The summed E-state index contributed by atoms with van der Waals surface area (Å²) in [5.74, 6) is -2.61. The zero-order valence-electron chi connectivity index (χ0n) is 9.97. The minimum Gasteiger partial charge on any atom is -0.481 e. The number of amides is 1. The highest BCUT2D eigenvalue weighted by molar-refractivity contribution is 5.95. The number of nitrogens with zero attached hydrogens (tertiary/aromatic N) is 1. The SMILES string of the molecule is C[C@@H]1CN(C(=O)c2ccccc2F)C[C@H]1C(=O)O. The van der Waals surface area contributed by atoms with Crippen LogP contribution in [0.1, 0.15) is 17.3 Å². The molecule has 2 atom stereocenters. The van der Waals surface area contributed by atoms with Crippen LogP contribution in [0.5, 0.6) is 0 Å². The summed E-state index contributed by atoms with van der Waals surface area (Å²) in [7, 11) is 0. The molecule has 4 nitrogen and oxygen atoms in total. The zero-order valence-corrected chi connectivity index (χ0v) is 9.97. The molecule has 1 aliphatic heterocycles. The molecule has 0 spiro atoms. The van der Waals surface area contributed by atoms with Crippen molar-refractivity contribution in [2.75, 3.05) is 13.1 Å². The van der Waals surface area contributed by atoms with Crippen LogP contribution < -0.4 is 0 Å². The largest absolute Gasteiger partial charge is 0.481 e. The van der Waals surface area contributed by atoms with E-state index in [-0.39, 0.29) is 18.0 Å². The van der Waals surface area contributed by atoms with Gasteiger partial charge < -0.3 is 10.0 Å². The van der Waals surface area contributed by atoms with Gasteiger partial charge >= 0.3 is 5.97 Å². The summed E-state index contributed by atoms with van der Waals surface area (Å²) in [6, 6.07) is 5.74. The van der Waals surface area contributed by atoms with Crippen molar-refractivity contribution in [2.45, 2.75) is 6.92 Å². The highest BCUT2D eigenvalue weighted by atomic mass is 19.1. The Hall–Kier alpha value is -1.91. The standard InChI is InChI=1S/C13H14FNO3/c1-8-6-15(7-10(8)13(17)18)12(16)9-4-2-3-5-11(9)14/h2-5,8,10H,6-7H2,1H3,(H,17,18)/t8-,10-/m1/s1. The van der Waals surface area contributed by atoms with Crippen molar-refractivity contribution < 1.29 is 19.1 Å². The Morgan fingerprint density at radius 3 is 2.56 bits per heavy atom. The third kappa shape index (κ3) is 2.20. The summed E-state index contributed by atoms with van der Waals surface area (Å²) in [4.78, 5) is 24.5. The Morgan fingerprint density at radius 2 is 2.00 bits per heavy atom. The maximum absolute atomic E-state index is 13.5. The highest BCUT2D eigenvalue weighted by Crippen LogP contribution is 2.25. The van der Waals surface area contributed by atoms with E-state index < -0.39 is 23.6 Å². The average Bonchev–Trinajstić information content (AvgIpc) is 2.71. The molecule has 5 heteroatoms. The van der Waals surface area contributed by atoms with Gasteiger partial charge in [-0.3, -0.25) is 9.59 Å². The molecule has 1 aromatic rings. The summed E-state index contributed by atoms with van der Waals surface area (Å²) >= 11 is 0. The van der Waals surface area contributed by atoms with Crippen LogP contribution in [-0.4, -0.2) is 35.0 Å². The molecule has 0 bridgehead atoms. The molecule has 1 amide bonds. The maximum Gasteiger partial charge on any atom is 0.308 e. The lowest BCUT2D eigenvalue weighted by molar-refractivity contribution is -0.142. The van der Waals surface area contributed by atoms with Gasteiger partial charge in [0.05, 0.1) is 11.5 Å². The number of carboxylic acid groups (broad SMARTS) is 1. The van der Waals surface area contributed by atoms with Gasteiger partial charge in [0.2, 0.25) is 0 Å². The number of carboxylic acids is 1. The van der Waals surface area contributed by atoms with Crippen molar-refractivity contribution >= 4 is 11.9 Å². The van der Waals surface area contributed by atoms with Gasteiger partial charge in [0.15, 0.2) is 0 Å². The second-order valence-electron chi connectivity index (χ2n) is 4.61. The smallest absolute Gasteiger partial charge is 0.308 e. The fraction of sp³-hybridized carbons (Fsp3) is 0.385. The van der Waals surface area contributed by atoms with Gasteiger partial charge in [-0.2, -0.15) is 0 Å². The first-order valence-corrected chi connectivity index (χ1v) is 5.77. The van der Waals surface area contributed by atoms with Crippen molar-refractivity contribution in [1.29, 1.82) is 0 Å². The molecule has 96 valence electrons. The normalized spacial score (nSPS) is 23.1. The highest BCUT2D eigenvalue weighted by Gasteiger charge is 2.37. The van der Waals surface area contributed by atoms with E-state index in [1.807, 2.05) is 0 Å². The van der Waals surface area contributed by atoms with Crippen LogP contribution in [0.4, 0.5) is 4.39 Å². The van der Waals surface area contributed by atoms with E-state index in [0.717, 1.165) is 0 Å². The molecule has 1 aromatic carbocycles. The number of halogens is 1. The first kappa shape index (κ1) is 12.5. The Balaban J connectivity index is 2.17. The molecule has 18 heavy (non-hydrogen) atoms. The predicted molar refractivity (Wildman–Crippen MR) is 62.6 cm³/mol. The van der Waals surface area contributed by atoms with Gasteiger partial charge in [0.1, 0.15) is 5.82 Å². The molecule has 0 unspecified atom stereocenters. The van der Waals surface area contributed by atoms with Crippen LogP contribution >= 0.6 is 0 Å². The van der Waals surface area contributed by atoms with Crippen LogP contribution in [0.3, 0.4) is 0 Å². The summed E-state index contributed by atoms with van der Waals surface area (Å²) < 4.78 is 13.5. The predicted octanol–water partition coefficient (Wildman–Crippen LogP) is 1.62. The average molecular weight is 251 g/mol.